The summed E-state index contributed by atoms with van der Waals surface area (Å²) in [7, 11) is 0. The van der Waals surface area contributed by atoms with E-state index >= 15 is 0 Å². The molecule has 0 aliphatic heterocycles. The van der Waals surface area contributed by atoms with Crippen molar-refractivity contribution < 1.29 is 19.1 Å². The number of nitrogens with zero attached hydrogens (tertiary/aromatic N) is 1. The van der Waals surface area contributed by atoms with Crippen molar-refractivity contribution in [2.24, 2.45) is 0 Å². The molecule has 0 radical (unpaired) electrons. The van der Waals surface area contributed by atoms with E-state index in [0.717, 1.165) is 11.1 Å². The Morgan fingerprint density at radius 1 is 0.968 bits per heavy atom. The second-order valence-corrected chi connectivity index (χ2v) is 7.63. The van der Waals surface area contributed by atoms with Crippen molar-refractivity contribution in [3.63, 3.8) is 0 Å². The van der Waals surface area contributed by atoms with Crippen molar-refractivity contribution in [3.05, 3.63) is 76.5 Å². The van der Waals surface area contributed by atoms with Crippen molar-refractivity contribution >= 4 is 34.8 Å². The van der Waals surface area contributed by atoms with Gasteiger partial charge in [-0.25, -0.2) is 4.79 Å². The van der Waals surface area contributed by atoms with Gasteiger partial charge in [-0.2, -0.15) is 0 Å². The molecule has 0 spiro atoms. The summed E-state index contributed by atoms with van der Waals surface area (Å²) in [6.45, 7) is 4.63. The van der Waals surface area contributed by atoms with Crippen molar-refractivity contribution in [1.82, 2.24) is 4.90 Å². The summed E-state index contributed by atoms with van der Waals surface area (Å²) in [6, 6.07) is 18.1. The first-order valence-corrected chi connectivity index (χ1v) is 10.9. The molecule has 1 aromatic heterocycles. The standard InChI is InChI=1S/C24H24N2O4S/c1-3-26(4-2)23(28)18-11-8-12-19(15-18)25-21(27)16-30-24(29)22-20(13-14-31-22)17-9-6-5-7-10-17/h5-15H,3-4,16H2,1-2H3,(H,25,27). The number of carbonyl (C=O) groups is 3. The van der Waals surface area contributed by atoms with Crippen LogP contribution in [0.3, 0.4) is 0 Å². The van der Waals surface area contributed by atoms with E-state index in [4.69, 9.17) is 4.74 Å². The number of anilines is 1. The highest BCUT2D eigenvalue weighted by atomic mass is 32.1. The van der Waals surface area contributed by atoms with Crippen molar-refractivity contribution in [2.45, 2.75) is 13.8 Å². The Morgan fingerprint density at radius 2 is 1.71 bits per heavy atom. The Hall–Kier alpha value is -3.45. The van der Waals surface area contributed by atoms with E-state index < -0.39 is 18.5 Å². The molecule has 0 bridgehead atoms. The lowest BCUT2D eigenvalue weighted by molar-refractivity contribution is -0.119. The van der Waals surface area contributed by atoms with Crippen LogP contribution in [0.2, 0.25) is 0 Å². The van der Waals surface area contributed by atoms with Crippen LogP contribution in [0.1, 0.15) is 33.9 Å². The molecule has 0 aliphatic rings. The van der Waals surface area contributed by atoms with Crippen LogP contribution in [-0.4, -0.2) is 42.4 Å². The van der Waals surface area contributed by atoms with Gasteiger partial charge in [0.25, 0.3) is 11.8 Å². The maximum Gasteiger partial charge on any atom is 0.349 e. The Morgan fingerprint density at radius 3 is 2.42 bits per heavy atom. The minimum Gasteiger partial charge on any atom is -0.451 e. The van der Waals surface area contributed by atoms with E-state index in [0.29, 0.717) is 29.2 Å². The molecular weight excluding hydrogens is 412 g/mol. The third kappa shape index (κ3) is 5.58. The van der Waals surface area contributed by atoms with Gasteiger partial charge in [-0.3, -0.25) is 9.59 Å². The van der Waals surface area contributed by atoms with Crippen LogP contribution in [0.25, 0.3) is 11.1 Å². The van der Waals surface area contributed by atoms with Crippen molar-refractivity contribution in [2.75, 3.05) is 25.0 Å². The minimum atomic E-state index is -0.547. The average molecular weight is 437 g/mol. The van der Waals surface area contributed by atoms with E-state index in [9.17, 15) is 14.4 Å². The first-order chi connectivity index (χ1) is 15.0. The molecule has 6 nitrogen and oxygen atoms in total. The summed E-state index contributed by atoms with van der Waals surface area (Å²) in [4.78, 5) is 39.4. The fourth-order valence-electron chi connectivity index (χ4n) is 3.13. The predicted octanol–water partition coefficient (Wildman–Crippen LogP) is 4.69. The lowest BCUT2D eigenvalue weighted by Gasteiger charge is -2.19. The molecular formula is C24H24N2O4S. The van der Waals surface area contributed by atoms with Crippen molar-refractivity contribution in [3.8, 4) is 11.1 Å². The van der Waals surface area contributed by atoms with Crippen LogP contribution in [0.4, 0.5) is 5.69 Å². The minimum absolute atomic E-state index is 0.0985. The average Bonchev–Trinajstić information content (AvgIpc) is 3.29. The maximum atomic E-state index is 12.5. The van der Waals surface area contributed by atoms with Crippen LogP contribution in [0, 0.1) is 0 Å². The second kappa shape index (κ2) is 10.5. The molecule has 3 rings (SSSR count). The lowest BCUT2D eigenvalue weighted by Crippen LogP contribution is -2.30. The second-order valence-electron chi connectivity index (χ2n) is 6.71. The number of ether oxygens (including phenoxy) is 1. The number of thiophene rings is 1. The predicted molar refractivity (Wildman–Crippen MR) is 122 cm³/mol. The SMILES string of the molecule is CCN(CC)C(=O)c1cccc(NC(=O)COC(=O)c2sccc2-c2ccccc2)c1. The molecule has 0 aliphatic carbocycles. The van der Waals surface area contributed by atoms with Crippen LogP contribution in [-0.2, 0) is 9.53 Å². The van der Waals surface area contributed by atoms with Crippen LogP contribution < -0.4 is 5.32 Å². The largest absolute Gasteiger partial charge is 0.451 e. The van der Waals surface area contributed by atoms with Gasteiger partial charge in [0, 0.05) is 29.9 Å². The molecule has 2 aromatic carbocycles. The zero-order chi connectivity index (χ0) is 22.2. The number of carbonyl (C=O) groups excluding carboxylic acids is 3. The van der Waals surface area contributed by atoms with E-state index in [1.54, 1.807) is 29.2 Å². The summed E-state index contributed by atoms with van der Waals surface area (Å²) in [5, 5.41) is 4.49. The molecule has 7 heteroatoms. The Balaban J connectivity index is 1.60. The van der Waals surface area contributed by atoms with E-state index in [1.165, 1.54) is 11.3 Å². The summed E-state index contributed by atoms with van der Waals surface area (Å²) in [5.74, 6) is -1.12. The fraction of sp³-hybridized carbons (Fsp3) is 0.208. The van der Waals surface area contributed by atoms with Gasteiger partial charge in [0.05, 0.1) is 0 Å². The third-order valence-corrected chi connectivity index (χ3v) is 5.61. The number of amides is 2. The zero-order valence-electron chi connectivity index (χ0n) is 17.5. The number of hydrogen-bond donors (Lipinski definition) is 1. The van der Waals surface area contributed by atoms with Crippen LogP contribution >= 0.6 is 11.3 Å². The summed E-state index contributed by atoms with van der Waals surface area (Å²) >= 11 is 1.27. The van der Waals surface area contributed by atoms with Gasteiger partial charge in [0.1, 0.15) is 4.88 Å². The topological polar surface area (TPSA) is 75.7 Å². The highest BCUT2D eigenvalue weighted by Crippen LogP contribution is 2.28. The number of nitrogens with one attached hydrogen (secondary N) is 1. The van der Waals surface area contributed by atoms with Crippen LogP contribution in [0.5, 0.6) is 0 Å². The van der Waals surface area contributed by atoms with Gasteiger partial charge < -0.3 is 15.0 Å². The van der Waals surface area contributed by atoms with Gasteiger partial charge in [0.2, 0.25) is 0 Å². The highest BCUT2D eigenvalue weighted by Gasteiger charge is 2.18. The lowest BCUT2D eigenvalue weighted by atomic mass is 10.1. The van der Waals surface area contributed by atoms with Gasteiger partial charge in [0.15, 0.2) is 6.61 Å². The molecule has 160 valence electrons. The maximum absolute atomic E-state index is 12.5. The molecule has 31 heavy (non-hydrogen) atoms. The highest BCUT2D eigenvalue weighted by molar-refractivity contribution is 7.12. The van der Waals surface area contributed by atoms with E-state index in [2.05, 4.69) is 5.32 Å². The van der Waals surface area contributed by atoms with Gasteiger partial charge in [-0.15, -0.1) is 11.3 Å². The zero-order valence-corrected chi connectivity index (χ0v) is 18.3. The molecule has 1 heterocycles. The Bertz CT molecular complexity index is 1060. The monoisotopic (exact) mass is 436 g/mol. The van der Waals surface area contributed by atoms with E-state index in [-0.39, 0.29) is 5.91 Å². The first kappa shape index (κ1) is 22.2. The normalized spacial score (nSPS) is 10.4. The summed E-state index contributed by atoms with van der Waals surface area (Å²) < 4.78 is 5.22. The molecule has 2 amide bonds. The quantitative estimate of drug-likeness (QED) is 0.520. The Labute approximate surface area is 185 Å². The van der Waals surface area contributed by atoms with Gasteiger partial charge in [-0.05, 0) is 49.1 Å². The number of benzene rings is 2. The third-order valence-electron chi connectivity index (χ3n) is 4.71. The number of esters is 1. The molecule has 0 atom stereocenters. The first-order valence-electron chi connectivity index (χ1n) is 10.0. The fourth-order valence-corrected chi connectivity index (χ4v) is 3.94. The van der Waals surface area contributed by atoms with Gasteiger partial charge in [-0.1, -0.05) is 36.4 Å². The molecule has 3 aromatic rings. The molecule has 0 fully saturated rings. The van der Waals surface area contributed by atoms with Crippen LogP contribution in [0.15, 0.2) is 66.0 Å². The molecule has 0 unspecified atom stereocenters. The summed E-state index contributed by atoms with van der Waals surface area (Å²) in [6.07, 6.45) is 0. The number of rotatable bonds is 8. The Kier molecular flexibility index (Phi) is 7.56. The molecule has 0 saturated carbocycles. The molecule has 0 saturated heterocycles. The van der Waals surface area contributed by atoms with Crippen molar-refractivity contribution in [1.29, 1.82) is 0 Å². The molecule has 1 N–H and O–H groups in total. The van der Waals surface area contributed by atoms with Gasteiger partial charge >= 0.3 is 5.97 Å². The smallest absolute Gasteiger partial charge is 0.349 e. The number of hydrogen-bond acceptors (Lipinski definition) is 5. The summed E-state index contributed by atoms with van der Waals surface area (Å²) in [5.41, 5.74) is 2.65. The van der Waals surface area contributed by atoms with E-state index in [1.807, 2.05) is 55.6 Å².